The van der Waals surface area contributed by atoms with Gasteiger partial charge < -0.3 is 14.5 Å². The zero-order valence-corrected chi connectivity index (χ0v) is 15.8. The minimum atomic E-state index is -0.0962. The van der Waals surface area contributed by atoms with Crippen LogP contribution in [0.15, 0.2) is 60.8 Å². The van der Waals surface area contributed by atoms with Gasteiger partial charge in [0.2, 0.25) is 0 Å². The highest BCUT2D eigenvalue weighted by atomic mass is 16.1. The van der Waals surface area contributed by atoms with E-state index in [1.165, 1.54) is 16.4 Å². The number of nitrogens with one attached hydrogen (secondary N) is 1. The molecule has 4 aromatic rings. The van der Waals surface area contributed by atoms with Crippen LogP contribution in [0.4, 0.5) is 5.69 Å². The van der Waals surface area contributed by atoms with E-state index in [1.807, 2.05) is 49.9 Å². The van der Waals surface area contributed by atoms with Crippen LogP contribution >= 0.6 is 0 Å². The Morgan fingerprint density at radius 2 is 1.69 bits per heavy atom. The maximum absolute atomic E-state index is 12.4. The van der Waals surface area contributed by atoms with Gasteiger partial charge in [0.25, 0.3) is 5.91 Å². The number of carbonyl (C=O) groups excluding carboxylic acids is 1. The molecule has 0 spiro atoms. The predicted octanol–water partition coefficient (Wildman–Crippen LogP) is 5.43. The average molecular weight is 347 g/mol. The Balaban J connectivity index is 0.000000948. The minimum absolute atomic E-state index is 0.0962. The van der Waals surface area contributed by atoms with E-state index in [1.54, 1.807) is 0 Å². The summed E-state index contributed by atoms with van der Waals surface area (Å²) in [5.41, 5.74) is 3.87. The summed E-state index contributed by atoms with van der Waals surface area (Å²) in [7, 11) is 1.87. The van der Waals surface area contributed by atoms with Crippen molar-refractivity contribution in [1.29, 1.82) is 0 Å². The number of aromatic nitrogens is 2. The Hall–Kier alpha value is -3.01. The first-order valence-electron chi connectivity index (χ1n) is 9.12. The Bertz CT molecular complexity index is 1060. The van der Waals surface area contributed by atoms with E-state index < -0.39 is 0 Å². The van der Waals surface area contributed by atoms with Crippen molar-refractivity contribution >= 4 is 33.4 Å². The number of amides is 1. The fraction of sp³-hybridized carbons (Fsp3) is 0.227. The first-order chi connectivity index (χ1) is 12.7. The van der Waals surface area contributed by atoms with Gasteiger partial charge >= 0.3 is 0 Å². The lowest BCUT2D eigenvalue weighted by Gasteiger charge is -2.07. The summed E-state index contributed by atoms with van der Waals surface area (Å²) in [5, 5.41) is 5.38. The number of hydrogen-bond acceptors (Lipinski definition) is 1. The molecule has 0 saturated heterocycles. The van der Waals surface area contributed by atoms with E-state index in [2.05, 4.69) is 53.2 Å². The highest BCUT2D eigenvalue weighted by Crippen LogP contribution is 2.31. The maximum atomic E-state index is 12.4. The maximum Gasteiger partial charge on any atom is 0.272 e. The third kappa shape index (κ3) is 2.99. The van der Waals surface area contributed by atoms with Crippen molar-refractivity contribution < 1.29 is 4.79 Å². The molecule has 0 radical (unpaired) electrons. The number of nitrogens with zero attached hydrogens (tertiary/aromatic N) is 2. The second kappa shape index (κ2) is 7.48. The van der Waals surface area contributed by atoms with Crippen molar-refractivity contribution in [3.05, 3.63) is 66.5 Å². The molecule has 0 saturated carbocycles. The van der Waals surface area contributed by atoms with E-state index in [-0.39, 0.29) is 5.91 Å². The summed E-state index contributed by atoms with van der Waals surface area (Å²) in [5.74, 6) is -0.0962. The van der Waals surface area contributed by atoms with Gasteiger partial charge in [-0.25, -0.2) is 0 Å². The first-order valence-corrected chi connectivity index (χ1v) is 9.12. The van der Waals surface area contributed by atoms with Gasteiger partial charge in [-0.05, 0) is 43.3 Å². The lowest BCUT2D eigenvalue weighted by molar-refractivity contribution is 0.101. The van der Waals surface area contributed by atoms with Crippen LogP contribution in [0.1, 0.15) is 31.3 Å². The molecule has 4 rings (SSSR count). The third-order valence-electron chi connectivity index (χ3n) is 4.52. The Morgan fingerprint density at radius 3 is 2.38 bits per heavy atom. The molecule has 2 heterocycles. The predicted molar refractivity (Wildman–Crippen MR) is 110 cm³/mol. The molecule has 0 unspecified atom stereocenters. The molecule has 1 N–H and O–H groups in total. The first kappa shape index (κ1) is 17.8. The highest BCUT2D eigenvalue weighted by Gasteiger charge is 2.12. The minimum Gasteiger partial charge on any atom is -0.347 e. The summed E-state index contributed by atoms with van der Waals surface area (Å²) in [4.78, 5) is 12.4. The van der Waals surface area contributed by atoms with Gasteiger partial charge in [0.15, 0.2) is 0 Å². The molecule has 0 fully saturated rings. The molecule has 0 bridgehead atoms. The number of para-hydroxylation sites is 1. The van der Waals surface area contributed by atoms with Crippen LogP contribution in [-0.2, 0) is 13.6 Å². The van der Waals surface area contributed by atoms with Crippen LogP contribution in [0.3, 0.4) is 0 Å². The second-order valence-electron chi connectivity index (χ2n) is 5.95. The van der Waals surface area contributed by atoms with Crippen molar-refractivity contribution in [3.63, 3.8) is 0 Å². The lowest BCUT2D eigenvalue weighted by Crippen LogP contribution is -2.15. The van der Waals surface area contributed by atoms with Gasteiger partial charge in [-0.1, -0.05) is 32.0 Å². The fourth-order valence-corrected chi connectivity index (χ4v) is 3.36. The fourth-order valence-electron chi connectivity index (χ4n) is 3.36. The van der Waals surface area contributed by atoms with Crippen LogP contribution in [0.2, 0.25) is 0 Å². The third-order valence-corrected chi connectivity index (χ3v) is 4.52. The summed E-state index contributed by atoms with van der Waals surface area (Å²) in [6.45, 7) is 7.07. The summed E-state index contributed by atoms with van der Waals surface area (Å²) >= 11 is 0. The van der Waals surface area contributed by atoms with E-state index in [4.69, 9.17) is 0 Å². The normalized spacial score (nSPS) is 10.6. The quantitative estimate of drug-likeness (QED) is 0.527. The largest absolute Gasteiger partial charge is 0.347 e. The number of benzene rings is 2. The van der Waals surface area contributed by atoms with Gasteiger partial charge in [-0.15, -0.1) is 0 Å². The molecule has 0 aliphatic heterocycles. The SMILES string of the molecule is CC.CCn1c2ccccc2c2cc(NC(=O)c3cccn3C)ccc21. The number of fused-ring (bicyclic) bond motifs is 3. The van der Waals surface area contributed by atoms with Crippen molar-refractivity contribution in [2.24, 2.45) is 7.05 Å². The molecule has 0 aliphatic carbocycles. The van der Waals surface area contributed by atoms with Crippen molar-refractivity contribution in [2.75, 3.05) is 5.32 Å². The Morgan fingerprint density at radius 1 is 0.962 bits per heavy atom. The number of carbonyl (C=O) groups is 1. The molecule has 26 heavy (non-hydrogen) atoms. The Kier molecular flexibility index (Phi) is 5.12. The van der Waals surface area contributed by atoms with Crippen LogP contribution in [0.5, 0.6) is 0 Å². The molecule has 0 atom stereocenters. The van der Waals surface area contributed by atoms with Gasteiger partial charge in [0.1, 0.15) is 5.69 Å². The number of rotatable bonds is 3. The monoisotopic (exact) mass is 347 g/mol. The van der Waals surface area contributed by atoms with E-state index in [0.29, 0.717) is 5.69 Å². The number of aryl methyl sites for hydroxylation is 2. The lowest BCUT2D eigenvalue weighted by atomic mass is 10.1. The van der Waals surface area contributed by atoms with Crippen LogP contribution < -0.4 is 5.32 Å². The number of hydrogen-bond donors (Lipinski definition) is 1. The highest BCUT2D eigenvalue weighted by molar-refractivity contribution is 6.10. The van der Waals surface area contributed by atoms with E-state index in [0.717, 1.165) is 17.6 Å². The smallest absolute Gasteiger partial charge is 0.272 e. The van der Waals surface area contributed by atoms with Crippen LogP contribution in [0.25, 0.3) is 21.8 Å². The summed E-state index contributed by atoms with van der Waals surface area (Å²) in [6, 6.07) is 18.2. The molecular formula is C22H25N3O. The second-order valence-corrected chi connectivity index (χ2v) is 5.95. The molecule has 2 aromatic carbocycles. The molecule has 4 nitrogen and oxygen atoms in total. The molecular weight excluding hydrogens is 322 g/mol. The Labute approximate surface area is 154 Å². The molecule has 4 heteroatoms. The van der Waals surface area contributed by atoms with Crippen LogP contribution in [-0.4, -0.2) is 15.0 Å². The average Bonchev–Trinajstić information content (AvgIpc) is 3.24. The van der Waals surface area contributed by atoms with Crippen molar-refractivity contribution in [1.82, 2.24) is 9.13 Å². The van der Waals surface area contributed by atoms with Crippen molar-refractivity contribution in [3.8, 4) is 0 Å². The molecule has 2 aromatic heterocycles. The van der Waals surface area contributed by atoms with Crippen molar-refractivity contribution in [2.45, 2.75) is 27.3 Å². The van der Waals surface area contributed by atoms with Gasteiger partial charge in [0.05, 0.1) is 0 Å². The zero-order chi connectivity index (χ0) is 18.7. The van der Waals surface area contributed by atoms with Gasteiger partial charge in [-0.2, -0.15) is 0 Å². The summed E-state index contributed by atoms with van der Waals surface area (Å²) in [6.07, 6.45) is 1.87. The standard InChI is InChI=1S/C20H19N3O.C2H6/c1-3-23-17-8-5-4-7-15(17)16-13-14(10-11-18(16)23)21-20(24)19-9-6-12-22(19)2;1-2/h4-13H,3H2,1-2H3,(H,21,24);1-2H3. The van der Waals surface area contributed by atoms with E-state index in [9.17, 15) is 4.79 Å². The summed E-state index contributed by atoms with van der Waals surface area (Å²) < 4.78 is 4.12. The molecule has 1 amide bonds. The van der Waals surface area contributed by atoms with Crippen LogP contribution in [0, 0.1) is 0 Å². The zero-order valence-electron chi connectivity index (χ0n) is 15.8. The topological polar surface area (TPSA) is 39.0 Å². The van der Waals surface area contributed by atoms with Gasteiger partial charge in [-0.3, -0.25) is 4.79 Å². The molecule has 134 valence electrons. The molecule has 0 aliphatic rings. The van der Waals surface area contributed by atoms with Gasteiger partial charge in [0, 0.05) is 47.3 Å². The number of anilines is 1. The van der Waals surface area contributed by atoms with E-state index >= 15 is 0 Å².